The van der Waals surface area contributed by atoms with Crippen molar-refractivity contribution in [3.05, 3.63) is 29.2 Å². The molecule has 23 heavy (non-hydrogen) atoms. The van der Waals surface area contributed by atoms with Gasteiger partial charge in [-0.25, -0.2) is 15.0 Å². The van der Waals surface area contributed by atoms with Crippen molar-refractivity contribution in [2.45, 2.75) is 32.2 Å². The average molecular weight is 333 g/mol. The molecule has 0 aliphatic carbocycles. The van der Waals surface area contributed by atoms with Crippen molar-refractivity contribution in [1.82, 2.24) is 19.9 Å². The molecular weight excluding hydrogens is 310 g/mol. The quantitative estimate of drug-likeness (QED) is 0.876. The van der Waals surface area contributed by atoms with Gasteiger partial charge in [0.05, 0.1) is 18.3 Å². The normalized spacial score (nSPS) is 19.0. The van der Waals surface area contributed by atoms with E-state index in [1.165, 1.54) is 12.8 Å². The highest BCUT2D eigenvalue weighted by atomic mass is 32.1. The zero-order valence-electron chi connectivity index (χ0n) is 13.7. The maximum Gasteiger partial charge on any atom is 0.188 e. The molecule has 3 heterocycles. The molecule has 1 atom stereocenters. The Morgan fingerprint density at radius 2 is 2.30 bits per heavy atom. The molecule has 1 fully saturated rings. The zero-order valence-corrected chi connectivity index (χ0v) is 14.5. The number of piperidine rings is 1. The Morgan fingerprint density at radius 1 is 1.39 bits per heavy atom. The van der Waals surface area contributed by atoms with Crippen LogP contribution in [0.2, 0.25) is 0 Å². The van der Waals surface area contributed by atoms with E-state index in [0.29, 0.717) is 6.04 Å². The molecule has 0 aromatic carbocycles. The fraction of sp³-hybridized carbons (Fsp3) is 0.562. The molecule has 1 aliphatic heterocycles. The lowest BCUT2D eigenvalue weighted by Gasteiger charge is -2.35. The summed E-state index contributed by atoms with van der Waals surface area (Å²) < 4.78 is 5.25. The first kappa shape index (κ1) is 16.3. The molecule has 2 aromatic heterocycles. The fourth-order valence-electron chi connectivity index (χ4n) is 3.02. The molecule has 3 rings (SSSR count). The van der Waals surface area contributed by atoms with Crippen LogP contribution in [0.3, 0.4) is 0 Å². The van der Waals surface area contributed by atoms with E-state index in [0.717, 1.165) is 48.6 Å². The Hall–Kier alpha value is -1.57. The first-order chi connectivity index (χ1) is 11.3. The molecule has 7 heteroatoms. The van der Waals surface area contributed by atoms with Gasteiger partial charge in [0.2, 0.25) is 0 Å². The smallest absolute Gasteiger partial charge is 0.188 e. The highest BCUT2D eigenvalue weighted by Crippen LogP contribution is 2.31. The van der Waals surface area contributed by atoms with Crippen molar-refractivity contribution >= 4 is 22.3 Å². The number of aryl methyl sites for hydroxylation is 1. The number of nitrogens with one attached hydrogen (secondary N) is 1. The minimum absolute atomic E-state index is 0.345. The second-order valence-electron chi connectivity index (χ2n) is 5.73. The van der Waals surface area contributed by atoms with Gasteiger partial charge in [0, 0.05) is 31.3 Å². The summed E-state index contributed by atoms with van der Waals surface area (Å²) in [6.07, 6.45) is 5.41. The number of aromatic nitrogens is 3. The minimum atomic E-state index is 0.345. The Labute approximate surface area is 140 Å². The summed E-state index contributed by atoms with van der Waals surface area (Å²) in [7, 11) is 1.75. The van der Waals surface area contributed by atoms with Gasteiger partial charge in [-0.05, 0) is 26.3 Å². The number of likely N-dealkylation sites (tertiary alicyclic amines) is 1. The largest absolute Gasteiger partial charge is 0.383 e. The first-order valence-corrected chi connectivity index (χ1v) is 8.89. The van der Waals surface area contributed by atoms with Gasteiger partial charge in [0.25, 0.3) is 0 Å². The summed E-state index contributed by atoms with van der Waals surface area (Å²) in [5, 5.41) is 6.08. The van der Waals surface area contributed by atoms with Crippen molar-refractivity contribution in [3.8, 4) is 0 Å². The molecule has 1 saturated heterocycles. The van der Waals surface area contributed by atoms with Gasteiger partial charge in [-0.3, -0.25) is 4.90 Å². The number of rotatable bonds is 6. The Morgan fingerprint density at radius 3 is 3.09 bits per heavy atom. The summed E-state index contributed by atoms with van der Waals surface area (Å²) in [5.74, 6) is 1.61. The molecule has 0 bridgehead atoms. The number of hydrogen-bond acceptors (Lipinski definition) is 7. The van der Waals surface area contributed by atoms with Gasteiger partial charge in [0.1, 0.15) is 11.6 Å². The number of methoxy groups -OCH3 is 1. The number of hydrogen-bond donors (Lipinski definition) is 1. The summed E-state index contributed by atoms with van der Waals surface area (Å²) in [6.45, 7) is 4.75. The van der Waals surface area contributed by atoms with Gasteiger partial charge in [0.15, 0.2) is 5.13 Å². The Bertz CT molecular complexity index is 619. The van der Waals surface area contributed by atoms with Crippen molar-refractivity contribution in [2.75, 3.05) is 32.1 Å². The third-order valence-electron chi connectivity index (χ3n) is 4.06. The Balaban J connectivity index is 1.81. The van der Waals surface area contributed by atoms with Crippen molar-refractivity contribution in [1.29, 1.82) is 0 Å². The predicted molar refractivity (Wildman–Crippen MR) is 92.2 cm³/mol. The highest BCUT2D eigenvalue weighted by Gasteiger charge is 2.25. The standard InChI is InChI=1S/C16H23N5OS/c1-12-18-13(11-15(19-12)20-16-17-6-10-23-16)14-5-3-4-7-21(14)8-9-22-2/h6,10-11,14H,3-5,7-9H2,1-2H3,(H,17,18,19,20)/t14-/m0/s1. The van der Waals surface area contributed by atoms with E-state index in [4.69, 9.17) is 9.72 Å². The van der Waals surface area contributed by atoms with Crippen LogP contribution < -0.4 is 5.32 Å². The summed E-state index contributed by atoms with van der Waals surface area (Å²) in [5.41, 5.74) is 1.09. The maximum atomic E-state index is 5.25. The number of thiazole rings is 1. The molecular formula is C16H23N5OS. The third-order valence-corrected chi connectivity index (χ3v) is 4.75. The molecule has 6 nitrogen and oxygen atoms in total. The van der Waals surface area contributed by atoms with Crippen LogP contribution in [0.15, 0.2) is 17.6 Å². The van der Waals surface area contributed by atoms with E-state index >= 15 is 0 Å². The van der Waals surface area contributed by atoms with Crippen LogP contribution in [0.25, 0.3) is 0 Å². The molecule has 0 spiro atoms. The molecule has 0 radical (unpaired) electrons. The van der Waals surface area contributed by atoms with Gasteiger partial charge in [-0.2, -0.15) is 0 Å². The molecule has 1 aliphatic rings. The van der Waals surface area contributed by atoms with Crippen LogP contribution in [-0.4, -0.2) is 46.7 Å². The first-order valence-electron chi connectivity index (χ1n) is 8.01. The number of anilines is 2. The molecule has 2 aromatic rings. The van der Waals surface area contributed by atoms with Gasteiger partial charge in [-0.1, -0.05) is 6.42 Å². The van der Waals surface area contributed by atoms with Crippen molar-refractivity contribution < 1.29 is 4.74 Å². The van der Waals surface area contributed by atoms with E-state index in [-0.39, 0.29) is 0 Å². The predicted octanol–water partition coefficient (Wildman–Crippen LogP) is 3.16. The van der Waals surface area contributed by atoms with Crippen LogP contribution >= 0.6 is 11.3 Å². The van der Waals surface area contributed by atoms with Crippen LogP contribution in [0, 0.1) is 6.92 Å². The molecule has 0 amide bonds. The van der Waals surface area contributed by atoms with E-state index in [1.54, 1.807) is 24.6 Å². The maximum absolute atomic E-state index is 5.25. The van der Waals surface area contributed by atoms with Crippen LogP contribution in [0.5, 0.6) is 0 Å². The minimum Gasteiger partial charge on any atom is -0.383 e. The summed E-state index contributed by atoms with van der Waals surface area (Å²) in [6, 6.07) is 2.40. The number of ether oxygens (including phenoxy) is 1. The van der Waals surface area contributed by atoms with Gasteiger partial charge < -0.3 is 10.1 Å². The second kappa shape index (κ2) is 7.81. The fourth-order valence-corrected chi connectivity index (χ4v) is 3.56. The summed E-state index contributed by atoms with van der Waals surface area (Å²) in [4.78, 5) is 15.9. The van der Waals surface area contributed by atoms with Crippen LogP contribution in [-0.2, 0) is 4.74 Å². The zero-order chi connectivity index (χ0) is 16.1. The SMILES string of the molecule is COCCN1CCCC[C@H]1c1cc(Nc2nccs2)nc(C)n1. The van der Waals surface area contributed by atoms with E-state index in [9.17, 15) is 0 Å². The monoisotopic (exact) mass is 333 g/mol. The number of nitrogens with zero attached hydrogens (tertiary/aromatic N) is 4. The van der Waals surface area contributed by atoms with Crippen molar-refractivity contribution in [2.24, 2.45) is 0 Å². The molecule has 0 saturated carbocycles. The molecule has 124 valence electrons. The topological polar surface area (TPSA) is 63.2 Å². The van der Waals surface area contributed by atoms with Gasteiger partial charge in [-0.15, -0.1) is 11.3 Å². The molecule has 1 N–H and O–H groups in total. The van der Waals surface area contributed by atoms with Crippen LogP contribution in [0.1, 0.15) is 36.8 Å². The van der Waals surface area contributed by atoms with Crippen LogP contribution in [0.4, 0.5) is 10.9 Å². The lowest BCUT2D eigenvalue weighted by Crippen LogP contribution is -2.36. The van der Waals surface area contributed by atoms with Gasteiger partial charge >= 0.3 is 0 Å². The molecule has 0 unspecified atom stereocenters. The Kier molecular flexibility index (Phi) is 5.53. The lowest BCUT2D eigenvalue weighted by molar-refractivity contribution is 0.0941. The van der Waals surface area contributed by atoms with E-state index < -0.39 is 0 Å². The third kappa shape index (κ3) is 4.25. The average Bonchev–Trinajstić information content (AvgIpc) is 3.05. The second-order valence-corrected chi connectivity index (χ2v) is 6.62. The van der Waals surface area contributed by atoms with E-state index in [1.807, 2.05) is 12.3 Å². The van der Waals surface area contributed by atoms with Crippen molar-refractivity contribution in [3.63, 3.8) is 0 Å². The van der Waals surface area contributed by atoms with E-state index in [2.05, 4.69) is 26.3 Å². The lowest BCUT2D eigenvalue weighted by atomic mass is 9.99. The summed E-state index contributed by atoms with van der Waals surface area (Å²) >= 11 is 1.57. The highest BCUT2D eigenvalue weighted by molar-refractivity contribution is 7.13.